The summed E-state index contributed by atoms with van der Waals surface area (Å²) in [5.74, 6) is 0.0373. The molecule has 2 saturated heterocycles. The van der Waals surface area contributed by atoms with Crippen LogP contribution in [0, 0.1) is 17.7 Å². The molecule has 2 aliphatic rings. The second-order valence-corrected chi connectivity index (χ2v) is 8.28. The van der Waals surface area contributed by atoms with Crippen molar-refractivity contribution < 1.29 is 14.0 Å². The van der Waals surface area contributed by atoms with Crippen molar-refractivity contribution in [2.75, 3.05) is 32.0 Å². The summed E-state index contributed by atoms with van der Waals surface area (Å²) >= 11 is 0. The molecule has 3 heterocycles. The van der Waals surface area contributed by atoms with Crippen molar-refractivity contribution in [2.24, 2.45) is 11.8 Å². The molecule has 158 valence electrons. The van der Waals surface area contributed by atoms with Gasteiger partial charge in [0.15, 0.2) is 0 Å². The van der Waals surface area contributed by atoms with E-state index < -0.39 is 0 Å². The van der Waals surface area contributed by atoms with Gasteiger partial charge in [-0.05, 0) is 68.6 Å². The van der Waals surface area contributed by atoms with E-state index in [-0.39, 0.29) is 23.5 Å². The zero-order valence-corrected chi connectivity index (χ0v) is 17.1. The molecule has 0 spiro atoms. The number of hydrogen-bond acceptors (Lipinski definition) is 4. The molecule has 1 N–H and O–H groups in total. The Hall–Kier alpha value is -2.80. The second kappa shape index (κ2) is 8.92. The number of carbonyl (C=O) groups is 2. The summed E-state index contributed by atoms with van der Waals surface area (Å²) < 4.78 is 13.1. The number of likely N-dealkylation sites (tertiary alicyclic amines) is 2. The molecule has 6 nitrogen and oxygen atoms in total. The maximum Gasteiger partial charge on any atom is 0.272 e. The first-order valence-electron chi connectivity index (χ1n) is 10.5. The smallest absolute Gasteiger partial charge is 0.272 e. The molecule has 7 heteroatoms. The largest absolute Gasteiger partial charge is 0.337 e. The van der Waals surface area contributed by atoms with E-state index in [0.29, 0.717) is 29.9 Å². The lowest BCUT2D eigenvalue weighted by atomic mass is 9.86. The van der Waals surface area contributed by atoms with Gasteiger partial charge in [0.2, 0.25) is 5.91 Å². The molecule has 0 aliphatic carbocycles. The molecule has 0 bridgehead atoms. The van der Waals surface area contributed by atoms with Gasteiger partial charge in [-0.2, -0.15) is 0 Å². The predicted molar refractivity (Wildman–Crippen MR) is 112 cm³/mol. The van der Waals surface area contributed by atoms with E-state index in [0.717, 1.165) is 32.4 Å². The van der Waals surface area contributed by atoms with E-state index in [1.165, 1.54) is 12.1 Å². The molecule has 2 fully saturated rings. The van der Waals surface area contributed by atoms with Gasteiger partial charge in [0.05, 0.1) is 5.92 Å². The molecule has 2 atom stereocenters. The van der Waals surface area contributed by atoms with E-state index in [4.69, 9.17) is 0 Å². The number of amides is 2. The number of aromatic nitrogens is 1. The highest BCUT2D eigenvalue weighted by atomic mass is 19.1. The topological polar surface area (TPSA) is 65.5 Å². The molecular weight excluding hydrogens is 383 g/mol. The van der Waals surface area contributed by atoms with Gasteiger partial charge in [0.25, 0.3) is 5.91 Å². The Morgan fingerprint density at radius 2 is 1.83 bits per heavy atom. The van der Waals surface area contributed by atoms with Crippen LogP contribution in [-0.2, 0) is 4.79 Å². The summed E-state index contributed by atoms with van der Waals surface area (Å²) in [6, 6.07) is 11.6. The minimum absolute atomic E-state index is 0.00891. The van der Waals surface area contributed by atoms with Crippen molar-refractivity contribution in [2.45, 2.75) is 25.3 Å². The second-order valence-electron chi connectivity index (χ2n) is 8.28. The molecule has 2 aliphatic heterocycles. The summed E-state index contributed by atoms with van der Waals surface area (Å²) in [6.45, 7) is 2.15. The average Bonchev–Trinajstić information content (AvgIpc) is 3.17. The number of nitrogens with zero attached hydrogens (tertiary/aromatic N) is 3. The van der Waals surface area contributed by atoms with Crippen LogP contribution in [0.5, 0.6) is 0 Å². The lowest BCUT2D eigenvalue weighted by Gasteiger charge is -2.37. The Morgan fingerprint density at radius 3 is 2.50 bits per heavy atom. The third-order valence-corrected chi connectivity index (χ3v) is 6.34. The molecule has 30 heavy (non-hydrogen) atoms. The Kier molecular flexibility index (Phi) is 6.08. The van der Waals surface area contributed by atoms with E-state index in [1.54, 1.807) is 24.4 Å². The van der Waals surface area contributed by atoms with Crippen molar-refractivity contribution in [1.82, 2.24) is 14.8 Å². The van der Waals surface area contributed by atoms with Crippen LogP contribution in [0.3, 0.4) is 0 Å². The Balaban J connectivity index is 1.30. The minimum atomic E-state index is -0.318. The van der Waals surface area contributed by atoms with Gasteiger partial charge in [-0.3, -0.25) is 14.6 Å². The fourth-order valence-corrected chi connectivity index (χ4v) is 4.69. The highest BCUT2D eigenvalue weighted by Crippen LogP contribution is 2.33. The molecular formula is C23H27FN4O2. The fourth-order valence-electron chi connectivity index (χ4n) is 4.69. The Morgan fingerprint density at radius 1 is 1.10 bits per heavy atom. The van der Waals surface area contributed by atoms with E-state index in [9.17, 15) is 14.0 Å². The van der Waals surface area contributed by atoms with Crippen LogP contribution in [0.15, 0.2) is 48.7 Å². The third-order valence-electron chi connectivity index (χ3n) is 6.34. The van der Waals surface area contributed by atoms with Crippen LogP contribution in [-0.4, -0.2) is 59.3 Å². The maximum absolute atomic E-state index is 13.1. The zero-order chi connectivity index (χ0) is 21.1. The quantitative estimate of drug-likeness (QED) is 0.842. The maximum atomic E-state index is 13.1. The molecule has 1 aromatic heterocycles. The number of pyridine rings is 1. The summed E-state index contributed by atoms with van der Waals surface area (Å²) in [5, 5.41) is 2.90. The van der Waals surface area contributed by atoms with Crippen molar-refractivity contribution >= 4 is 17.5 Å². The molecule has 1 aromatic carbocycles. The monoisotopic (exact) mass is 410 g/mol. The lowest BCUT2D eigenvalue weighted by molar-refractivity contribution is -0.119. The van der Waals surface area contributed by atoms with Crippen LogP contribution in [0.25, 0.3) is 0 Å². The molecule has 2 aromatic rings. The first-order chi connectivity index (χ1) is 14.5. The van der Waals surface area contributed by atoms with Crippen molar-refractivity contribution in [3.63, 3.8) is 0 Å². The van der Waals surface area contributed by atoms with Gasteiger partial charge in [0, 0.05) is 37.6 Å². The Labute approximate surface area is 176 Å². The van der Waals surface area contributed by atoms with Gasteiger partial charge in [-0.25, -0.2) is 4.39 Å². The van der Waals surface area contributed by atoms with Crippen LogP contribution in [0.2, 0.25) is 0 Å². The summed E-state index contributed by atoms with van der Waals surface area (Å²) in [5.41, 5.74) is 1.11. The number of hydrogen-bond donors (Lipinski definition) is 1. The van der Waals surface area contributed by atoms with Crippen LogP contribution in [0.4, 0.5) is 10.1 Å². The van der Waals surface area contributed by atoms with Gasteiger partial charge in [-0.15, -0.1) is 0 Å². The highest BCUT2D eigenvalue weighted by Gasteiger charge is 2.39. The Bertz CT molecular complexity index is 882. The number of rotatable bonds is 4. The highest BCUT2D eigenvalue weighted by molar-refractivity contribution is 5.93. The van der Waals surface area contributed by atoms with E-state index in [2.05, 4.69) is 22.2 Å². The zero-order valence-electron chi connectivity index (χ0n) is 17.1. The summed E-state index contributed by atoms with van der Waals surface area (Å²) in [7, 11) is 2.07. The number of benzene rings is 1. The van der Waals surface area contributed by atoms with Crippen molar-refractivity contribution in [3.05, 3.63) is 60.2 Å². The number of anilines is 1. The third kappa shape index (κ3) is 4.51. The first kappa shape index (κ1) is 20.5. The van der Waals surface area contributed by atoms with Gasteiger partial charge >= 0.3 is 0 Å². The molecule has 2 amide bonds. The SMILES string of the molecule is CN1CC(C(=O)Nc2ccc(F)cc2)CC1C1CCN(C(=O)c2ccccn2)CC1. The molecule has 0 saturated carbocycles. The molecule has 4 rings (SSSR count). The normalized spacial score (nSPS) is 22.8. The van der Waals surface area contributed by atoms with Gasteiger partial charge < -0.3 is 15.1 Å². The number of piperidine rings is 1. The fraction of sp³-hybridized carbons (Fsp3) is 0.435. The van der Waals surface area contributed by atoms with E-state index in [1.807, 2.05) is 17.0 Å². The van der Waals surface area contributed by atoms with Crippen molar-refractivity contribution in [3.8, 4) is 0 Å². The lowest BCUT2D eigenvalue weighted by Crippen LogP contribution is -2.43. The first-order valence-corrected chi connectivity index (χ1v) is 10.5. The summed E-state index contributed by atoms with van der Waals surface area (Å²) in [6.07, 6.45) is 4.31. The van der Waals surface area contributed by atoms with Crippen LogP contribution in [0.1, 0.15) is 29.8 Å². The number of carbonyl (C=O) groups excluding carboxylic acids is 2. The van der Waals surface area contributed by atoms with E-state index >= 15 is 0 Å². The van der Waals surface area contributed by atoms with Crippen LogP contribution >= 0.6 is 0 Å². The summed E-state index contributed by atoms with van der Waals surface area (Å²) in [4.78, 5) is 33.6. The number of nitrogens with one attached hydrogen (secondary N) is 1. The molecule has 2 unspecified atom stereocenters. The predicted octanol–water partition coefficient (Wildman–Crippen LogP) is 3.03. The van der Waals surface area contributed by atoms with Crippen molar-refractivity contribution in [1.29, 1.82) is 0 Å². The number of halogens is 1. The minimum Gasteiger partial charge on any atom is -0.337 e. The molecule has 0 radical (unpaired) electrons. The van der Waals surface area contributed by atoms with Gasteiger partial charge in [0.1, 0.15) is 11.5 Å². The average molecular weight is 410 g/mol. The van der Waals surface area contributed by atoms with Crippen LogP contribution < -0.4 is 5.32 Å². The van der Waals surface area contributed by atoms with Gasteiger partial charge in [-0.1, -0.05) is 6.07 Å². The standard InChI is InChI=1S/C23H27FN4O2/c1-27-15-17(22(29)26-19-7-5-18(24)6-8-19)14-21(27)16-9-12-28(13-10-16)23(30)20-4-2-3-11-25-20/h2-8,11,16-17,21H,9-10,12-15H2,1H3,(H,26,29).